The summed E-state index contributed by atoms with van der Waals surface area (Å²) in [4.78, 5) is 0. The molecule has 1 saturated carbocycles. The molecule has 2 N–H and O–H groups in total. The predicted octanol–water partition coefficient (Wildman–Crippen LogP) is 2.48. The predicted molar refractivity (Wildman–Crippen MR) is 72.7 cm³/mol. The number of para-hydroxylation sites is 1. The Labute approximate surface area is 117 Å². The molecule has 20 heavy (non-hydrogen) atoms. The van der Waals surface area contributed by atoms with Crippen LogP contribution in [0.1, 0.15) is 26.2 Å². The number of aliphatic hydroxyl groups excluding tert-OH is 1. The van der Waals surface area contributed by atoms with E-state index in [1.165, 1.54) is 6.07 Å². The lowest BCUT2D eigenvalue weighted by Crippen LogP contribution is -2.55. The van der Waals surface area contributed by atoms with Crippen molar-refractivity contribution in [3.8, 4) is 5.75 Å². The summed E-state index contributed by atoms with van der Waals surface area (Å²) in [5, 5.41) is 13.0. The Morgan fingerprint density at radius 1 is 1.35 bits per heavy atom. The Balaban J connectivity index is 2.08. The Morgan fingerprint density at radius 3 is 2.50 bits per heavy atom. The van der Waals surface area contributed by atoms with E-state index < -0.39 is 17.2 Å². The van der Waals surface area contributed by atoms with Crippen molar-refractivity contribution in [1.82, 2.24) is 5.32 Å². The van der Waals surface area contributed by atoms with E-state index in [0.29, 0.717) is 5.92 Å². The van der Waals surface area contributed by atoms with Gasteiger partial charge in [-0.3, -0.25) is 0 Å². The highest BCUT2D eigenvalue weighted by atomic mass is 19.1. The van der Waals surface area contributed by atoms with Crippen LogP contribution in [0, 0.1) is 17.6 Å². The van der Waals surface area contributed by atoms with Gasteiger partial charge in [0.1, 0.15) is 6.61 Å². The smallest absolute Gasteiger partial charge is 0.190 e. The third-order valence-electron chi connectivity index (χ3n) is 3.76. The van der Waals surface area contributed by atoms with Crippen LogP contribution in [-0.2, 0) is 0 Å². The zero-order valence-corrected chi connectivity index (χ0v) is 11.7. The van der Waals surface area contributed by atoms with Crippen molar-refractivity contribution in [2.75, 3.05) is 19.8 Å². The fourth-order valence-corrected chi connectivity index (χ4v) is 2.38. The summed E-state index contributed by atoms with van der Waals surface area (Å²) in [5.74, 6) is -1.51. The number of hydrogen-bond donors (Lipinski definition) is 2. The molecular weight excluding hydrogens is 264 g/mol. The second-order valence-electron chi connectivity index (χ2n) is 5.35. The summed E-state index contributed by atoms with van der Waals surface area (Å²) in [6, 6.07) is 3.62. The molecule has 112 valence electrons. The Morgan fingerprint density at radius 2 is 2.00 bits per heavy atom. The molecule has 0 radical (unpaired) electrons. The van der Waals surface area contributed by atoms with Gasteiger partial charge in [-0.15, -0.1) is 0 Å². The minimum atomic E-state index is -0.719. The molecule has 0 aromatic heterocycles. The number of halogens is 2. The van der Waals surface area contributed by atoms with Crippen LogP contribution in [0.3, 0.4) is 0 Å². The first kappa shape index (κ1) is 15.2. The summed E-state index contributed by atoms with van der Waals surface area (Å²) in [6.07, 6.45) is 2.92. The van der Waals surface area contributed by atoms with Gasteiger partial charge >= 0.3 is 0 Å². The van der Waals surface area contributed by atoms with E-state index >= 15 is 0 Å². The number of hydrogen-bond acceptors (Lipinski definition) is 3. The summed E-state index contributed by atoms with van der Waals surface area (Å²) in [5.41, 5.74) is -0.606. The van der Waals surface area contributed by atoms with Crippen LogP contribution in [0.4, 0.5) is 8.78 Å². The van der Waals surface area contributed by atoms with E-state index in [-0.39, 0.29) is 19.0 Å². The van der Waals surface area contributed by atoms with Crippen LogP contribution < -0.4 is 10.1 Å². The average Bonchev–Trinajstić information content (AvgIpc) is 3.27. The first-order chi connectivity index (χ1) is 9.63. The van der Waals surface area contributed by atoms with E-state index in [0.717, 1.165) is 37.9 Å². The van der Waals surface area contributed by atoms with Gasteiger partial charge in [0, 0.05) is 0 Å². The molecule has 0 saturated heterocycles. The van der Waals surface area contributed by atoms with Crippen molar-refractivity contribution in [3.05, 3.63) is 29.8 Å². The molecule has 1 aromatic rings. The van der Waals surface area contributed by atoms with Gasteiger partial charge in [-0.25, -0.2) is 8.78 Å². The Hall–Kier alpha value is -1.20. The SMILES string of the molecule is CCCNC(CO)(COc1c(F)cccc1F)C1CC1. The van der Waals surface area contributed by atoms with Crippen molar-refractivity contribution < 1.29 is 18.6 Å². The minimum absolute atomic E-state index is 0.0615. The normalized spacial score (nSPS) is 17.8. The summed E-state index contributed by atoms with van der Waals surface area (Å²) in [6.45, 7) is 2.72. The van der Waals surface area contributed by atoms with Crippen LogP contribution in [0.5, 0.6) is 5.75 Å². The van der Waals surface area contributed by atoms with E-state index in [1.54, 1.807) is 0 Å². The van der Waals surface area contributed by atoms with Gasteiger partial charge in [0.15, 0.2) is 17.4 Å². The average molecular weight is 285 g/mol. The van der Waals surface area contributed by atoms with Crippen molar-refractivity contribution >= 4 is 0 Å². The molecule has 0 bridgehead atoms. The monoisotopic (exact) mass is 285 g/mol. The van der Waals surface area contributed by atoms with E-state index in [1.807, 2.05) is 6.92 Å². The molecule has 0 amide bonds. The lowest BCUT2D eigenvalue weighted by atomic mass is 9.95. The highest BCUT2D eigenvalue weighted by Gasteiger charge is 2.45. The topological polar surface area (TPSA) is 41.5 Å². The third-order valence-corrected chi connectivity index (χ3v) is 3.76. The lowest BCUT2D eigenvalue weighted by Gasteiger charge is -2.33. The molecular formula is C15H21F2NO2. The van der Waals surface area contributed by atoms with Gasteiger partial charge in [0.05, 0.1) is 12.1 Å². The number of ether oxygens (including phenoxy) is 1. The molecule has 1 aromatic carbocycles. The number of benzene rings is 1. The van der Waals surface area contributed by atoms with E-state index in [9.17, 15) is 13.9 Å². The highest BCUT2D eigenvalue weighted by Crippen LogP contribution is 2.40. The maximum atomic E-state index is 13.6. The molecule has 1 atom stereocenters. The van der Waals surface area contributed by atoms with Gasteiger partial charge in [-0.2, -0.15) is 0 Å². The Bertz CT molecular complexity index is 431. The maximum absolute atomic E-state index is 13.6. The van der Waals surface area contributed by atoms with Gasteiger partial charge in [0.2, 0.25) is 0 Å². The third kappa shape index (κ3) is 3.27. The van der Waals surface area contributed by atoms with Crippen LogP contribution in [0.15, 0.2) is 18.2 Å². The van der Waals surface area contributed by atoms with Crippen molar-refractivity contribution in [1.29, 1.82) is 0 Å². The van der Waals surface area contributed by atoms with Gasteiger partial charge in [0.25, 0.3) is 0 Å². The number of aliphatic hydroxyl groups is 1. The molecule has 3 nitrogen and oxygen atoms in total. The molecule has 0 spiro atoms. The number of rotatable bonds is 8. The summed E-state index contributed by atoms with van der Waals surface area (Å²) < 4.78 is 32.5. The van der Waals surface area contributed by atoms with Crippen molar-refractivity contribution in [3.63, 3.8) is 0 Å². The zero-order chi connectivity index (χ0) is 14.6. The highest BCUT2D eigenvalue weighted by molar-refractivity contribution is 5.26. The first-order valence-electron chi connectivity index (χ1n) is 7.05. The molecule has 0 aliphatic heterocycles. The molecule has 1 fully saturated rings. The van der Waals surface area contributed by atoms with Crippen LogP contribution in [0.25, 0.3) is 0 Å². The summed E-state index contributed by atoms with van der Waals surface area (Å²) >= 11 is 0. The van der Waals surface area contributed by atoms with E-state index in [2.05, 4.69) is 5.32 Å². The van der Waals surface area contributed by atoms with Crippen LogP contribution in [-0.4, -0.2) is 30.4 Å². The minimum Gasteiger partial charge on any atom is -0.486 e. The number of nitrogens with one attached hydrogen (secondary N) is 1. The lowest BCUT2D eigenvalue weighted by molar-refractivity contribution is 0.0812. The first-order valence-corrected chi connectivity index (χ1v) is 7.05. The van der Waals surface area contributed by atoms with Crippen LogP contribution >= 0.6 is 0 Å². The quantitative estimate of drug-likeness (QED) is 0.771. The second-order valence-corrected chi connectivity index (χ2v) is 5.35. The van der Waals surface area contributed by atoms with Gasteiger partial charge in [-0.1, -0.05) is 13.0 Å². The molecule has 5 heteroatoms. The van der Waals surface area contributed by atoms with Crippen molar-refractivity contribution in [2.45, 2.75) is 31.7 Å². The maximum Gasteiger partial charge on any atom is 0.190 e. The Kier molecular flexibility index (Phi) is 4.94. The van der Waals surface area contributed by atoms with Gasteiger partial charge in [-0.05, 0) is 43.9 Å². The largest absolute Gasteiger partial charge is 0.486 e. The standard InChI is InChI=1S/C15H21F2NO2/c1-2-8-18-15(9-19,11-6-7-11)10-20-14-12(16)4-3-5-13(14)17/h3-5,11,18-19H,2,6-10H2,1H3. The van der Waals surface area contributed by atoms with Crippen molar-refractivity contribution in [2.24, 2.45) is 5.92 Å². The van der Waals surface area contributed by atoms with Gasteiger partial charge < -0.3 is 15.2 Å². The molecule has 1 aliphatic carbocycles. The molecule has 1 unspecified atom stereocenters. The second kappa shape index (κ2) is 6.50. The fraction of sp³-hybridized carbons (Fsp3) is 0.600. The molecule has 0 heterocycles. The zero-order valence-electron chi connectivity index (χ0n) is 11.7. The molecule has 2 rings (SSSR count). The van der Waals surface area contributed by atoms with E-state index in [4.69, 9.17) is 4.74 Å². The summed E-state index contributed by atoms with van der Waals surface area (Å²) in [7, 11) is 0. The molecule has 1 aliphatic rings. The van der Waals surface area contributed by atoms with Crippen LogP contribution in [0.2, 0.25) is 0 Å². The fourth-order valence-electron chi connectivity index (χ4n) is 2.38.